The molecule has 1 N–H and O–H groups in total. The zero-order valence-corrected chi connectivity index (χ0v) is 9.99. The SMILES string of the molecule is CCO/C(C)=N/NS(=O)(=O)c1ccccc1. The molecule has 0 atom stereocenters. The topological polar surface area (TPSA) is 67.8 Å². The lowest BCUT2D eigenvalue weighted by Crippen LogP contribution is -2.20. The number of ether oxygens (including phenoxy) is 1. The van der Waals surface area contributed by atoms with Crippen LogP contribution < -0.4 is 4.83 Å². The number of nitrogens with one attached hydrogen (secondary N) is 1. The largest absolute Gasteiger partial charge is 0.480 e. The Morgan fingerprint density at radius 1 is 1.38 bits per heavy atom. The highest BCUT2D eigenvalue weighted by Gasteiger charge is 2.11. The number of benzene rings is 1. The van der Waals surface area contributed by atoms with Crippen molar-refractivity contribution in [2.24, 2.45) is 5.10 Å². The second kappa shape index (κ2) is 5.50. The zero-order chi connectivity index (χ0) is 12.0. The monoisotopic (exact) mass is 242 g/mol. The Bertz CT molecular complexity index is 454. The van der Waals surface area contributed by atoms with Crippen molar-refractivity contribution in [3.63, 3.8) is 0 Å². The number of nitrogens with zero attached hydrogens (tertiary/aromatic N) is 1. The van der Waals surface area contributed by atoms with Gasteiger partial charge in [-0.2, -0.15) is 13.2 Å². The molecule has 88 valence electrons. The van der Waals surface area contributed by atoms with Crippen LogP contribution in [0.15, 0.2) is 40.3 Å². The normalized spacial score (nSPS) is 12.2. The Kier molecular flexibility index (Phi) is 4.30. The van der Waals surface area contributed by atoms with Gasteiger partial charge in [-0.05, 0) is 19.1 Å². The summed E-state index contributed by atoms with van der Waals surface area (Å²) in [5.74, 6) is 0.280. The first-order chi connectivity index (χ1) is 7.56. The van der Waals surface area contributed by atoms with E-state index in [1.165, 1.54) is 12.1 Å². The molecule has 0 fully saturated rings. The van der Waals surface area contributed by atoms with Crippen LogP contribution >= 0.6 is 0 Å². The molecule has 1 aromatic carbocycles. The standard InChI is InChI=1S/C10H14N2O3S/c1-3-15-9(2)11-12-16(13,14)10-7-5-4-6-8-10/h4-8,12H,3H2,1-2H3/b11-9+. The van der Waals surface area contributed by atoms with E-state index in [1.807, 2.05) is 0 Å². The molecule has 6 heteroatoms. The predicted molar refractivity (Wildman–Crippen MR) is 61.5 cm³/mol. The fraction of sp³-hybridized carbons (Fsp3) is 0.300. The average molecular weight is 242 g/mol. The van der Waals surface area contributed by atoms with Crippen LogP contribution in [-0.2, 0) is 14.8 Å². The van der Waals surface area contributed by atoms with E-state index in [4.69, 9.17) is 4.74 Å². The van der Waals surface area contributed by atoms with E-state index in [1.54, 1.807) is 32.0 Å². The maximum Gasteiger partial charge on any atom is 0.276 e. The van der Waals surface area contributed by atoms with Gasteiger partial charge in [0.1, 0.15) is 0 Å². The summed E-state index contributed by atoms with van der Waals surface area (Å²) in [4.78, 5) is 2.26. The van der Waals surface area contributed by atoms with Gasteiger partial charge in [0.2, 0.25) is 5.90 Å². The summed E-state index contributed by atoms with van der Waals surface area (Å²) in [5, 5.41) is 3.62. The molecule has 0 saturated carbocycles. The van der Waals surface area contributed by atoms with Gasteiger partial charge in [0.05, 0.1) is 11.5 Å². The van der Waals surface area contributed by atoms with E-state index < -0.39 is 10.0 Å². The number of sulfonamides is 1. The molecule has 0 bridgehead atoms. The highest BCUT2D eigenvalue weighted by atomic mass is 32.2. The summed E-state index contributed by atoms with van der Waals surface area (Å²) in [5.41, 5.74) is 0. The Morgan fingerprint density at radius 3 is 2.56 bits per heavy atom. The van der Waals surface area contributed by atoms with Crippen molar-refractivity contribution in [2.45, 2.75) is 18.7 Å². The quantitative estimate of drug-likeness (QED) is 0.492. The molecular weight excluding hydrogens is 228 g/mol. The highest BCUT2D eigenvalue weighted by molar-refractivity contribution is 7.89. The molecule has 1 rings (SSSR count). The number of hydrogen-bond donors (Lipinski definition) is 1. The van der Waals surface area contributed by atoms with Gasteiger partial charge in [0, 0.05) is 6.92 Å². The molecule has 0 heterocycles. The third-order valence-corrected chi connectivity index (χ3v) is 2.95. The third-order valence-electron chi connectivity index (χ3n) is 1.73. The molecule has 0 aliphatic carbocycles. The van der Waals surface area contributed by atoms with Crippen molar-refractivity contribution < 1.29 is 13.2 Å². The molecule has 0 amide bonds. The minimum absolute atomic E-state index is 0.169. The van der Waals surface area contributed by atoms with Gasteiger partial charge >= 0.3 is 0 Å². The smallest absolute Gasteiger partial charge is 0.276 e. The van der Waals surface area contributed by atoms with Crippen LogP contribution in [0, 0.1) is 0 Å². The molecule has 16 heavy (non-hydrogen) atoms. The summed E-state index contributed by atoms with van der Waals surface area (Å²) in [6, 6.07) is 8.02. The summed E-state index contributed by atoms with van der Waals surface area (Å²) < 4.78 is 28.3. The fourth-order valence-electron chi connectivity index (χ4n) is 1.02. The van der Waals surface area contributed by atoms with Gasteiger partial charge in [0.25, 0.3) is 10.0 Å². The Balaban J connectivity index is 2.78. The van der Waals surface area contributed by atoms with Crippen molar-refractivity contribution in [1.29, 1.82) is 0 Å². The lowest BCUT2D eigenvalue weighted by Gasteiger charge is -2.04. The molecule has 5 nitrogen and oxygen atoms in total. The second-order valence-electron chi connectivity index (χ2n) is 2.97. The van der Waals surface area contributed by atoms with Crippen molar-refractivity contribution in [2.75, 3.05) is 6.61 Å². The molecule has 0 radical (unpaired) electrons. The van der Waals surface area contributed by atoms with Crippen LogP contribution in [0.2, 0.25) is 0 Å². The molecule has 0 aromatic heterocycles. The summed E-state index contributed by atoms with van der Waals surface area (Å²) >= 11 is 0. The second-order valence-corrected chi connectivity index (χ2v) is 4.63. The van der Waals surface area contributed by atoms with Crippen molar-refractivity contribution >= 4 is 15.9 Å². The molecule has 0 aliphatic rings. The number of hydrogen-bond acceptors (Lipinski definition) is 4. The van der Waals surface area contributed by atoms with Crippen LogP contribution in [0.25, 0.3) is 0 Å². The van der Waals surface area contributed by atoms with Crippen LogP contribution in [-0.4, -0.2) is 20.9 Å². The molecule has 0 aliphatic heterocycles. The van der Waals surface area contributed by atoms with Crippen LogP contribution in [0.3, 0.4) is 0 Å². The van der Waals surface area contributed by atoms with Crippen LogP contribution in [0.1, 0.15) is 13.8 Å². The van der Waals surface area contributed by atoms with Crippen LogP contribution in [0.4, 0.5) is 0 Å². The fourth-order valence-corrected chi connectivity index (χ4v) is 1.89. The Labute approximate surface area is 95.2 Å². The molecule has 0 spiro atoms. The minimum atomic E-state index is -3.59. The summed E-state index contributed by atoms with van der Waals surface area (Å²) in [6.45, 7) is 3.82. The predicted octanol–water partition coefficient (Wildman–Crippen LogP) is 1.33. The molecule has 1 aromatic rings. The number of rotatable bonds is 4. The first-order valence-electron chi connectivity index (χ1n) is 4.80. The van der Waals surface area contributed by atoms with E-state index in [2.05, 4.69) is 9.93 Å². The number of hydrazone groups is 1. The van der Waals surface area contributed by atoms with Gasteiger partial charge in [0.15, 0.2) is 0 Å². The summed E-state index contributed by atoms with van der Waals surface area (Å²) in [7, 11) is -3.59. The van der Waals surface area contributed by atoms with Gasteiger partial charge in [-0.3, -0.25) is 0 Å². The maximum atomic E-state index is 11.7. The van der Waals surface area contributed by atoms with Crippen molar-refractivity contribution in [1.82, 2.24) is 4.83 Å². The maximum absolute atomic E-state index is 11.7. The average Bonchev–Trinajstić information content (AvgIpc) is 2.28. The first-order valence-corrected chi connectivity index (χ1v) is 6.28. The van der Waals surface area contributed by atoms with E-state index in [-0.39, 0.29) is 10.8 Å². The lowest BCUT2D eigenvalue weighted by molar-refractivity contribution is 0.322. The Morgan fingerprint density at radius 2 is 2.00 bits per heavy atom. The molecule has 0 unspecified atom stereocenters. The van der Waals surface area contributed by atoms with Gasteiger partial charge in [-0.15, -0.1) is 5.10 Å². The van der Waals surface area contributed by atoms with Crippen molar-refractivity contribution in [3.05, 3.63) is 30.3 Å². The van der Waals surface area contributed by atoms with E-state index in [9.17, 15) is 8.42 Å². The first kappa shape index (κ1) is 12.5. The van der Waals surface area contributed by atoms with E-state index in [0.717, 1.165) is 0 Å². The minimum Gasteiger partial charge on any atom is -0.480 e. The zero-order valence-electron chi connectivity index (χ0n) is 9.17. The lowest BCUT2D eigenvalue weighted by atomic mass is 10.4. The molecular formula is C10H14N2O3S. The van der Waals surface area contributed by atoms with E-state index in [0.29, 0.717) is 6.61 Å². The third kappa shape index (κ3) is 3.54. The summed E-state index contributed by atoms with van der Waals surface area (Å²) in [6.07, 6.45) is 0. The van der Waals surface area contributed by atoms with Crippen LogP contribution in [0.5, 0.6) is 0 Å². The van der Waals surface area contributed by atoms with Gasteiger partial charge in [-0.25, -0.2) is 0 Å². The highest BCUT2D eigenvalue weighted by Crippen LogP contribution is 2.06. The molecule has 0 saturated heterocycles. The van der Waals surface area contributed by atoms with Gasteiger partial charge in [-0.1, -0.05) is 18.2 Å². The van der Waals surface area contributed by atoms with E-state index >= 15 is 0 Å². The van der Waals surface area contributed by atoms with Crippen molar-refractivity contribution in [3.8, 4) is 0 Å². The van der Waals surface area contributed by atoms with Gasteiger partial charge < -0.3 is 4.74 Å². The Hall–Kier alpha value is -1.56.